The molecule has 0 unspecified atom stereocenters. The van der Waals surface area contributed by atoms with E-state index in [9.17, 15) is 0 Å². The number of para-hydroxylation sites is 1. The van der Waals surface area contributed by atoms with Crippen LogP contribution >= 0.6 is 47.4 Å². The maximum absolute atomic E-state index is 6.02. The Hall–Kier alpha value is -0.810. The highest BCUT2D eigenvalue weighted by molar-refractivity contribution is 7.86. The largest absolute Gasteiger partial charge is 0.324 e. The highest BCUT2D eigenvalue weighted by atomic mass is 35.5. The number of aromatic amines is 1. The van der Waals surface area contributed by atoms with Gasteiger partial charge in [0, 0.05) is 0 Å². The van der Waals surface area contributed by atoms with Crippen molar-refractivity contribution >= 4 is 64.4 Å². The molecule has 94 valence electrons. The van der Waals surface area contributed by atoms with Crippen molar-refractivity contribution in [2.45, 2.75) is 0 Å². The van der Waals surface area contributed by atoms with Crippen LogP contribution < -0.4 is 5.32 Å². The van der Waals surface area contributed by atoms with Gasteiger partial charge in [0.15, 0.2) is 0 Å². The first-order valence-electron chi connectivity index (χ1n) is 4.84. The quantitative estimate of drug-likeness (QED) is 0.566. The second-order valence-electron chi connectivity index (χ2n) is 3.42. The van der Waals surface area contributed by atoms with Gasteiger partial charge in [-0.3, -0.25) is 0 Å². The van der Waals surface area contributed by atoms with Gasteiger partial charge >= 0.3 is 0 Å². The van der Waals surface area contributed by atoms with Crippen LogP contribution in [-0.2, 0) is 0 Å². The molecule has 0 atom stereocenters. The fourth-order valence-electron chi connectivity index (χ4n) is 1.41. The van der Waals surface area contributed by atoms with Crippen LogP contribution in [0.4, 0.5) is 5.95 Å². The summed E-state index contributed by atoms with van der Waals surface area (Å²) >= 11 is 21.6. The summed E-state index contributed by atoms with van der Waals surface area (Å²) in [5, 5.41) is 3.71. The molecular formula is C11H8Cl3N3S. The average Bonchev–Trinajstić information content (AvgIpc) is 2.69. The summed E-state index contributed by atoms with van der Waals surface area (Å²) in [6, 6.07) is 5.45. The highest BCUT2D eigenvalue weighted by Crippen LogP contribution is 2.26. The fourth-order valence-corrected chi connectivity index (χ4v) is 2.23. The number of fused-ring (bicyclic) bond motifs is 1. The van der Waals surface area contributed by atoms with E-state index in [1.54, 1.807) is 6.07 Å². The third-order valence-corrected chi connectivity index (χ3v) is 3.09. The molecule has 7 heteroatoms. The van der Waals surface area contributed by atoms with Gasteiger partial charge in [-0.2, -0.15) is 0 Å². The van der Waals surface area contributed by atoms with Crippen molar-refractivity contribution in [3.8, 4) is 0 Å². The van der Waals surface area contributed by atoms with E-state index in [2.05, 4.69) is 34.5 Å². The zero-order valence-electron chi connectivity index (χ0n) is 8.97. The molecule has 0 aliphatic carbocycles. The first-order valence-corrected chi connectivity index (χ1v) is 6.42. The molecule has 0 spiro atoms. The Morgan fingerprint density at radius 2 is 2.11 bits per heavy atom. The minimum absolute atomic E-state index is 0.196. The van der Waals surface area contributed by atoms with E-state index in [0.717, 1.165) is 5.52 Å². The molecule has 2 N–H and O–H groups in total. The zero-order chi connectivity index (χ0) is 13.3. The van der Waals surface area contributed by atoms with Gasteiger partial charge in [0.2, 0.25) is 5.95 Å². The van der Waals surface area contributed by atoms with Crippen molar-refractivity contribution in [2.75, 3.05) is 5.32 Å². The van der Waals surface area contributed by atoms with Crippen molar-refractivity contribution in [3.05, 3.63) is 44.9 Å². The normalized spacial score (nSPS) is 12.4. The Morgan fingerprint density at radius 3 is 2.67 bits per heavy atom. The van der Waals surface area contributed by atoms with Gasteiger partial charge in [-0.05, 0) is 12.1 Å². The number of allylic oxidation sites excluding steroid dienone is 1. The van der Waals surface area contributed by atoms with Crippen LogP contribution in [0.2, 0.25) is 5.02 Å². The number of H-pyrrole nitrogens is 1. The molecule has 1 aromatic carbocycles. The Bertz CT molecular complexity index is 644. The van der Waals surface area contributed by atoms with Crippen LogP contribution in [0.15, 0.2) is 39.9 Å². The van der Waals surface area contributed by atoms with Gasteiger partial charge in [-0.25, -0.2) is 4.98 Å². The number of thiol groups is 1. The van der Waals surface area contributed by atoms with Crippen LogP contribution in [-0.4, -0.2) is 9.97 Å². The smallest absolute Gasteiger partial charge is 0.205 e. The number of benzene rings is 1. The predicted molar refractivity (Wildman–Crippen MR) is 81.6 cm³/mol. The van der Waals surface area contributed by atoms with Crippen molar-refractivity contribution in [2.24, 2.45) is 0 Å². The number of aromatic nitrogens is 2. The molecule has 0 radical (unpaired) electrons. The molecule has 1 aromatic heterocycles. The first kappa shape index (κ1) is 13.6. The molecule has 2 rings (SSSR count). The highest BCUT2D eigenvalue weighted by Gasteiger charge is 2.10. The second kappa shape index (κ2) is 5.45. The second-order valence-corrected chi connectivity index (χ2v) is 5.37. The van der Waals surface area contributed by atoms with E-state index in [0.29, 0.717) is 22.2 Å². The van der Waals surface area contributed by atoms with Crippen LogP contribution in [0.1, 0.15) is 0 Å². The molecule has 0 amide bonds. The number of halogens is 3. The van der Waals surface area contributed by atoms with Crippen molar-refractivity contribution in [1.29, 1.82) is 0 Å². The van der Waals surface area contributed by atoms with Gasteiger partial charge in [-0.1, -0.05) is 47.4 Å². The summed E-state index contributed by atoms with van der Waals surface area (Å²) < 4.78 is 0.196. The molecule has 1 heterocycles. The van der Waals surface area contributed by atoms with E-state index in [1.807, 2.05) is 12.1 Å². The van der Waals surface area contributed by atoms with Crippen molar-refractivity contribution < 1.29 is 0 Å². The fraction of sp³-hybridized carbons (Fsp3) is 0. The monoisotopic (exact) mass is 319 g/mol. The van der Waals surface area contributed by atoms with Crippen molar-refractivity contribution in [3.63, 3.8) is 0 Å². The average molecular weight is 321 g/mol. The van der Waals surface area contributed by atoms with Crippen LogP contribution in [0.5, 0.6) is 0 Å². The van der Waals surface area contributed by atoms with Gasteiger partial charge in [0.25, 0.3) is 0 Å². The first-order chi connectivity index (χ1) is 8.49. The number of hydrogen-bond donors (Lipinski definition) is 3. The molecule has 0 saturated carbocycles. The lowest BCUT2D eigenvalue weighted by Gasteiger charge is -2.06. The predicted octanol–water partition coefficient (Wildman–Crippen LogP) is 4.72. The number of nitrogens with one attached hydrogen (secondary N) is 2. The Kier molecular flexibility index (Phi) is 4.12. The molecule has 0 saturated heterocycles. The summed E-state index contributed by atoms with van der Waals surface area (Å²) in [6.45, 7) is 3.59. The minimum Gasteiger partial charge on any atom is -0.324 e. The third-order valence-electron chi connectivity index (χ3n) is 2.18. The van der Waals surface area contributed by atoms with E-state index in [4.69, 9.17) is 34.8 Å². The number of anilines is 1. The summed E-state index contributed by atoms with van der Waals surface area (Å²) in [4.78, 5) is 7.34. The van der Waals surface area contributed by atoms with E-state index in [-0.39, 0.29) is 9.40 Å². The summed E-state index contributed by atoms with van der Waals surface area (Å²) in [5.41, 5.74) is 1.85. The molecule has 2 aromatic rings. The molecule has 0 bridgehead atoms. The number of hydrogen-bond acceptors (Lipinski definition) is 3. The van der Waals surface area contributed by atoms with Gasteiger partial charge in [0.05, 0.1) is 25.6 Å². The topological polar surface area (TPSA) is 40.7 Å². The molecular weight excluding hydrogens is 313 g/mol. The van der Waals surface area contributed by atoms with Crippen LogP contribution in [0.25, 0.3) is 11.0 Å². The van der Waals surface area contributed by atoms with Crippen LogP contribution in [0, 0.1) is 0 Å². The SMILES string of the molecule is C=C(Cl)/C(Nc1nc2c(Cl)cccc2[nH]1)=C(\S)Cl. The number of rotatable bonds is 3. The third kappa shape index (κ3) is 2.78. The number of imidazole rings is 1. The lowest BCUT2D eigenvalue weighted by molar-refractivity contribution is 1.28. The van der Waals surface area contributed by atoms with E-state index < -0.39 is 0 Å². The Labute approximate surface area is 124 Å². The summed E-state index contributed by atoms with van der Waals surface area (Å²) in [6.07, 6.45) is 0. The molecule has 0 aliphatic heterocycles. The maximum Gasteiger partial charge on any atom is 0.205 e. The minimum atomic E-state index is 0.196. The number of nitrogens with zero attached hydrogens (tertiary/aromatic N) is 1. The lowest BCUT2D eigenvalue weighted by atomic mass is 10.3. The van der Waals surface area contributed by atoms with Gasteiger partial charge in [0.1, 0.15) is 5.52 Å². The van der Waals surface area contributed by atoms with Gasteiger partial charge in [-0.15, -0.1) is 12.6 Å². The van der Waals surface area contributed by atoms with Crippen molar-refractivity contribution in [1.82, 2.24) is 9.97 Å². The zero-order valence-corrected chi connectivity index (χ0v) is 12.1. The van der Waals surface area contributed by atoms with E-state index in [1.165, 1.54) is 0 Å². The summed E-state index contributed by atoms with van der Waals surface area (Å²) in [5.74, 6) is 0.460. The Morgan fingerprint density at radius 1 is 1.39 bits per heavy atom. The molecule has 18 heavy (non-hydrogen) atoms. The standard InChI is InChI=1S/C11H8Cl3N3S/c1-5(12)8(10(14)18)16-11-15-7-4-2-3-6(13)9(7)17-11/h2-4,18H,1H2,(H2,15,16,17)/b10-8+. The Balaban J connectivity index is 2.41. The van der Waals surface area contributed by atoms with E-state index >= 15 is 0 Å². The molecule has 3 nitrogen and oxygen atoms in total. The summed E-state index contributed by atoms with van der Waals surface area (Å²) in [7, 11) is 0. The maximum atomic E-state index is 6.02. The van der Waals surface area contributed by atoms with Crippen LogP contribution in [0.3, 0.4) is 0 Å². The molecule has 0 aliphatic rings. The van der Waals surface area contributed by atoms with Gasteiger partial charge < -0.3 is 10.3 Å². The lowest BCUT2D eigenvalue weighted by Crippen LogP contribution is -2.01. The molecule has 0 fully saturated rings.